The summed E-state index contributed by atoms with van der Waals surface area (Å²) in [4.78, 5) is 10.9. The molecule has 2 atom stereocenters. The third-order valence-electron chi connectivity index (χ3n) is 2.50. The lowest BCUT2D eigenvalue weighted by Gasteiger charge is -2.35. The molecule has 2 aliphatic heterocycles. The summed E-state index contributed by atoms with van der Waals surface area (Å²) in [6, 6.07) is 0. The van der Waals surface area contributed by atoms with Crippen LogP contribution < -0.4 is 0 Å². The van der Waals surface area contributed by atoms with E-state index in [1.807, 2.05) is 0 Å². The summed E-state index contributed by atoms with van der Waals surface area (Å²) in [5, 5.41) is 0. The molecule has 0 saturated carbocycles. The Kier molecular flexibility index (Phi) is 2.46. The van der Waals surface area contributed by atoms with Gasteiger partial charge in [-0.1, -0.05) is 0 Å². The van der Waals surface area contributed by atoms with Crippen molar-refractivity contribution in [3.05, 3.63) is 11.6 Å². The second kappa shape index (κ2) is 3.52. The van der Waals surface area contributed by atoms with Gasteiger partial charge in [-0.2, -0.15) is 13.2 Å². The predicted molar refractivity (Wildman–Crippen MR) is 42.7 cm³/mol. The molecule has 0 bridgehead atoms. The van der Waals surface area contributed by atoms with E-state index >= 15 is 0 Å². The highest BCUT2D eigenvalue weighted by Crippen LogP contribution is 2.40. The lowest BCUT2D eigenvalue weighted by molar-refractivity contribution is -0.208. The van der Waals surface area contributed by atoms with E-state index in [0.717, 1.165) is 0 Å². The summed E-state index contributed by atoms with van der Waals surface area (Å²) in [5.74, 6) is -1.85. The van der Waals surface area contributed by atoms with E-state index in [1.165, 1.54) is 0 Å². The van der Waals surface area contributed by atoms with Gasteiger partial charge in [0.1, 0.15) is 0 Å². The van der Waals surface area contributed by atoms with E-state index in [0.29, 0.717) is 25.5 Å². The van der Waals surface area contributed by atoms with E-state index in [2.05, 4.69) is 4.74 Å². The number of halogens is 3. The van der Waals surface area contributed by atoms with Gasteiger partial charge >= 0.3 is 12.1 Å². The predicted octanol–water partition coefficient (Wildman–Crippen LogP) is 1.78. The second-order valence-corrected chi connectivity index (χ2v) is 3.52. The molecule has 0 aromatic carbocycles. The Morgan fingerprint density at radius 2 is 2.13 bits per heavy atom. The quantitative estimate of drug-likeness (QED) is 0.586. The van der Waals surface area contributed by atoms with Crippen molar-refractivity contribution in [1.29, 1.82) is 0 Å². The molecular formula is C9H9F3O3. The van der Waals surface area contributed by atoms with Gasteiger partial charge in [0.25, 0.3) is 0 Å². The number of ether oxygens (including phenoxy) is 2. The standard InChI is InChI=1S/C9H9F3O3/c10-9(11,12)6-4-7(13)15-8-5(6)2-1-3-14-8/h4-5,8H,1-3H2. The third-order valence-corrected chi connectivity index (χ3v) is 2.50. The smallest absolute Gasteiger partial charge is 0.413 e. The first-order valence-electron chi connectivity index (χ1n) is 4.59. The summed E-state index contributed by atoms with van der Waals surface area (Å²) in [7, 11) is 0. The Labute approximate surface area is 83.8 Å². The molecule has 84 valence electrons. The fourth-order valence-corrected chi connectivity index (χ4v) is 1.85. The van der Waals surface area contributed by atoms with Crippen LogP contribution in [0.3, 0.4) is 0 Å². The molecule has 0 aromatic rings. The van der Waals surface area contributed by atoms with Crippen molar-refractivity contribution in [2.45, 2.75) is 25.3 Å². The van der Waals surface area contributed by atoms with Crippen LogP contribution in [0, 0.1) is 5.92 Å². The van der Waals surface area contributed by atoms with Gasteiger partial charge in [-0.15, -0.1) is 0 Å². The first-order valence-corrected chi connectivity index (χ1v) is 4.59. The molecular weight excluding hydrogens is 213 g/mol. The Bertz CT molecular complexity index is 308. The van der Waals surface area contributed by atoms with Gasteiger partial charge in [0, 0.05) is 11.6 Å². The van der Waals surface area contributed by atoms with Crippen LogP contribution in [0.5, 0.6) is 0 Å². The Morgan fingerprint density at radius 3 is 2.80 bits per heavy atom. The van der Waals surface area contributed by atoms with Crippen molar-refractivity contribution in [2.75, 3.05) is 6.61 Å². The average molecular weight is 222 g/mol. The van der Waals surface area contributed by atoms with Crippen LogP contribution >= 0.6 is 0 Å². The van der Waals surface area contributed by atoms with Crippen molar-refractivity contribution in [1.82, 2.24) is 0 Å². The number of rotatable bonds is 0. The molecule has 15 heavy (non-hydrogen) atoms. The number of fused-ring (bicyclic) bond motifs is 1. The first-order chi connectivity index (χ1) is 6.98. The van der Waals surface area contributed by atoms with E-state index in [1.54, 1.807) is 0 Å². The molecule has 0 N–H and O–H groups in total. The summed E-state index contributed by atoms with van der Waals surface area (Å²) in [5.41, 5.74) is -0.830. The fourth-order valence-electron chi connectivity index (χ4n) is 1.85. The van der Waals surface area contributed by atoms with Gasteiger partial charge in [-0.3, -0.25) is 0 Å². The van der Waals surface area contributed by atoms with Crippen LogP contribution in [-0.2, 0) is 14.3 Å². The number of hydrogen-bond acceptors (Lipinski definition) is 3. The topological polar surface area (TPSA) is 35.5 Å². The van der Waals surface area contributed by atoms with Gasteiger partial charge in [-0.05, 0) is 12.8 Å². The van der Waals surface area contributed by atoms with E-state index in [-0.39, 0.29) is 0 Å². The molecule has 2 rings (SSSR count). The largest absolute Gasteiger partial charge is 0.432 e. The molecule has 1 saturated heterocycles. The highest BCUT2D eigenvalue weighted by atomic mass is 19.4. The van der Waals surface area contributed by atoms with Crippen molar-refractivity contribution >= 4 is 5.97 Å². The zero-order valence-corrected chi connectivity index (χ0v) is 7.71. The number of hydrogen-bond donors (Lipinski definition) is 0. The molecule has 1 fully saturated rings. The minimum absolute atomic E-state index is 0.333. The molecule has 0 amide bonds. The third kappa shape index (κ3) is 1.99. The van der Waals surface area contributed by atoms with Crippen molar-refractivity contribution in [3.63, 3.8) is 0 Å². The number of alkyl halides is 3. The van der Waals surface area contributed by atoms with Crippen molar-refractivity contribution in [3.8, 4) is 0 Å². The molecule has 6 heteroatoms. The fraction of sp³-hybridized carbons (Fsp3) is 0.667. The maximum atomic E-state index is 12.6. The Balaban J connectivity index is 2.30. The van der Waals surface area contributed by atoms with Crippen LogP contribution in [0.4, 0.5) is 13.2 Å². The summed E-state index contributed by atoms with van der Waals surface area (Å²) >= 11 is 0. The maximum absolute atomic E-state index is 12.6. The van der Waals surface area contributed by atoms with Crippen LogP contribution in [0.1, 0.15) is 12.8 Å². The Morgan fingerprint density at radius 1 is 1.40 bits per heavy atom. The second-order valence-electron chi connectivity index (χ2n) is 3.52. The zero-order chi connectivity index (χ0) is 11.1. The molecule has 0 radical (unpaired) electrons. The highest BCUT2D eigenvalue weighted by molar-refractivity contribution is 5.84. The van der Waals surface area contributed by atoms with Crippen molar-refractivity contribution in [2.24, 2.45) is 5.92 Å². The van der Waals surface area contributed by atoms with E-state index in [9.17, 15) is 18.0 Å². The first kappa shape index (κ1) is 10.5. The van der Waals surface area contributed by atoms with Gasteiger partial charge in [-0.25, -0.2) is 4.79 Å². The lowest BCUT2D eigenvalue weighted by atomic mass is 9.89. The van der Waals surface area contributed by atoms with Gasteiger partial charge in [0.2, 0.25) is 6.29 Å². The molecule has 0 aromatic heterocycles. The molecule has 0 spiro atoms. The van der Waals surface area contributed by atoms with E-state index in [4.69, 9.17) is 4.74 Å². The van der Waals surface area contributed by atoms with Gasteiger partial charge < -0.3 is 9.47 Å². The summed E-state index contributed by atoms with van der Waals surface area (Å²) in [6.07, 6.45) is -4.14. The van der Waals surface area contributed by atoms with Gasteiger partial charge in [0.15, 0.2) is 0 Å². The molecule has 2 aliphatic rings. The molecule has 0 aliphatic carbocycles. The zero-order valence-electron chi connectivity index (χ0n) is 7.71. The van der Waals surface area contributed by atoms with Gasteiger partial charge in [0.05, 0.1) is 12.5 Å². The van der Waals surface area contributed by atoms with Crippen LogP contribution in [0.25, 0.3) is 0 Å². The van der Waals surface area contributed by atoms with Crippen molar-refractivity contribution < 1.29 is 27.4 Å². The number of carbonyl (C=O) groups excluding carboxylic acids is 1. The summed E-state index contributed by atoms with van der Waals surface area (Å²) in [6.45, 7) is 0.333. The molecule has 3 nitrogen and oxygen atoms in total. The normalized spacial score (nSPS) is 31.7. The summed E-state index contributed by atoms with van der Waals surface area (Å²) < 4.78 is 47.3. The minimum Gasteiger partial charge on any atom is -0.432 e. The molecule has 2 unspecified atom stereocenters. The maximum Gasteiger partial charge on any atom is 0.413 e. The number of esters is 1. The Hall–Kier alpha value is -1.04. The minimum atomic E-state index is -4.48. The monoisotopic (exact) mass is 222 g/mol. The number of carbonyl (C=O) groups is 1. The van der Waals surface area contributed by atoms with Crippen LogP contribution in [0.2, 0.25) is 0 Å². The average Bonchev–Trinajstić information content (AvgIpc) is 2.15. The SMILES string of the molecule is O=C1C=C(C(F)(F)F)C2CCCOC2O1. The lowest BCUT2D eigenvalue weighted by Crippen LogP contribution is -2.41. The highest BCUT2D eigenvalue weighted by Gasteiger charge is 2.47. The van der Waals surface area contributed by atoms with Crippen LogP contribution in [-0.4, -0.2) is 25.0 Å². The van der Waals surface area contributed by atoms with E-state index < -0.39 is 29.9 Å². The molecule has 2 heterocycles. The van der Waals surface area contributed by atoms with Crippen LogP contribution in [0.15, 0.2) is 11.6 Å².